The highest BCUT2D eigenvalue weighted by molar-refractivity contribution is 6.06. The van der Waals surface area contributed by atoms with Gasteiger partial charge in [0.05, 0.1) is 6.61 Å². The third-order valence-corrected chi connectivity index (χ3v) is 4.35. The summed E-state index contributed by atoms with van der Waals surface area (Å²) < 4.78 is 5.19. The van der Waals surface area contributed by atoms with Gasteiger partial charge in [-0.1, -0.05) is 29.4 Å². The van der Waals surface area contributed by atoms with Crippen LogP contribution in [0.15, 0.2) is 46.8 Å². The van der Waals surface area contributed by atoms with E-state index in [0.717, 1.165) is 18.4 Å². The molecule has 4 heteroatoms. The molecule has 0 radical (unpaired) electrons. The molecule has 1 atom stereocenters. The van der Waals surface area contributed by atoms with Crippen LogP contribution in [0.1, 0.15) is 46.5 Å². The van der Waals surface area contributed by atoms with Gasteiger partial charge in [-0.15, -0.1) is 0 Å². The van der Waals surface area contributed by atoms with Gasteiger partial charge in [0.15, 0.2) is 5.76 Å². The zero-order valence-electron chi connectivity index (χ0n) is 14.0. The zero-order valence-corrected chi connectivity index (χ0v) is 14.0. The Labute approximate surface area is 137 Å². The Morgan fingerprint density at radius 1 is 1.43 bits per heavy atom. The van der Waals surface area contributed by atoms with E-state index >= 15 is 0 Å². The van der Waals surface area contributed by atoms with Crippen molar-refractivity contribution in [2.75, 3.05) is 6.61 Å². The Kier molecular flexibility index (Phi) is 5.24. The summed E-state index contributed by atoms with van der Waals surface area (Å²) in [6.07, 6.45) is 9.72. The normalized spacial score (nSPS) is 23.3. The minimum absolute atomic E-state index is 0.271. The number of allylic oxidation sites excluding steroid dienone is 5. The number of esters is 1. The summed E-state index contributed by atoms with van der Waals surface area (Å²) in [6, 6.07) is 0. The van der Waals surface area contributed by atoms with E-state index in [2.05, 4.69) is 19.9 Å². The third kappa shape index (κ3) is 3.46. The van der Waals surface area contributed by atoms with Gasteiger partial charge in [0.25, 0.3) is 0 Å². The first-order valence-electron chi connectivity index (χ1n) is 8.05. The van der Waals surface area contributed by atoms with Gasteiger partial charge in [0.1, 0.15) is 5.41 Å². The second-order valence-electron chi connectivity index (χ2n) is 6.28. The molecule has 124 valence electrons. The molecule has 0 fully saturated rings. The van der Waals surface area contributed by atoms with Crippen LogP contribution in [0.25, 0.3) is 0 Å². The molecule has 2 aliphatic rings. The first-order valence-corrected chi connectivity index (χ1v) is 8.05. The molecule has 0 amide bonds. The smallest absolute Gasteiger partial charge is 0.320 e. The number of hydrogen-bond acceptors (Lipinski definition) is 4. The van der Waals surface area contributed by atoms with E-state index in [1.807, 2.05) is 6.08 Å². The summed E-state index contributed by atoms with van der Waals surface area (Å²) in [5.74, 6) is -1.14. The predicted molar refractivity (Wildman–Crippen MR) is 88.8 cm³/mol. The van der Waals surface area contributed by atoms with Crippen molar-refractivity contribution in [2.24, 2.45) is 5.41 Å². The number of rotatable bonds is 5. The fourth-order valence-corrected chi connectivity index (χ4v) is 3.07. The third-order valence-electron chi connectivity index (χ3n) is 4.35. The molecule has 0 bridgehead atoms. The molecule has 0 saturated carbocycles. The predicted octanol–water partition coefficient (Wildman–Crippen LogP) is 3.95. The molecule has 0 aliphatic heterocycles. The molecular weight excluding hydrogens is 292 g/mol. The van der Waals surface area contributed by atoms with Crippen molar-refractivity contribution in [1.29, 1.82) is 0 Å². The van der Waals surface area contributed by atoms with Gasteiger partial charge in [-0.25, -0.2) is 0 Å². The first-order chi connectivity index (χ1) is 10.9. The summed E-state index contributed by atoms with van der Waals surface area (Å²) in [7, 11) is 0. The summed E-state index contributed by atoms with van der Waals surface area (Å²) in [5, 5.41) is 10.2. The number of carbonyl (C=O) groups excluding carboxylic acids is 2. The molecule has 0 unspecified atom stereocenters. The molecule has 0 aromatic carbocycles. The zero-order chi connectivity index (χ0) is 17.0. The Hall–Kier alpha value is -2.10. The molecule has 4 nitrogen and oxygen atoms in total. The fourth-order valence-electron chi connectivity index (χ4n) is 3.07. The van der Waals surface area contributed by atoms with E-state index in [1.54, 1.807) is 13.0 Å². The van der Waals surface area contributed by atoms with Gasteiger partial charge < -0.3 is 9.84 Å². The summed E-state index contributed by atoms with van der Waals surface area (Å²) in [6.45, 7) is 6.13. The van der Waals surface area contributed by atoms with Crippen molar-refractivity contribution in [3.8, 4) is 0 Å². The number of ether oxygens (including phenoxy) is 1. The van der Waals surface area contributed by atoms with Crippen molar-refractivity contribution in [3.63, 3.8) is 0 Å². The van der Waals surface area contributed by atoms with Crippen molar-refractivity contribution < 1.29 is 19.4 Å². The summed E-state index contributed by atoms with van der Waals surface area (Å²) in [5.41, 5.74) is 1.87. The van der Waals surface area contributed by atoms with Gasteiger partial charge in [-0.2, -0.15) is 0 Å². The number of hydrogen-bond donors (Lipinski definition) is 1. The van der Waals surface area contributed by atoms with E-state index in [9.17, 15) is 14.7 Å². The van der Waals surface area contributed by atoms with Crippen LogP contribution >= 0.6 is 0 Å². The quantitative estimate of drug-likeness (QED) is 0.616. The number of aliphatic hydroxyl groups excluding tert-OH is 1. The molecule has 0 saturated heterocycles. The maximum absolute atomic E-state index is 12.4. The van der Waals surface area contributed by atoms with Crippen LogP contribution in [0, 0.1) is 5.41 Å². The van der Waals surface area contributed by atoms with Gasteiger partial charge in [-0.05, 0) is 52.5 Å². The highest BCUT2D eigenvalue weighted by Crippen LogP contribution is 2.46. The van der Waals surface area contributed by atoms with Crippen LogP contribution in [0.5, 0.6) is 0 Å². The monoisotopic (exact) mass is 316 g/mol. The highest BCUT2D eigenvalue weighted by atomic mass is 16.5. The average molecular weight is 316 g/mol. The summed E-state index contributed by atoms with van der Waals surface area (Å²) in [4.78, 5) is 24.3. The standard InChI is InChI=1S/C19H24O4/c1-4-23-18(22)19-10-8-14(7-5-6-13(2)3)12-15(19)17(21)16(20)9-11-19/h6,8-9,11,21H,4-5,7,10,12H2,1-3H3/t19-/m0/s1. The van der Waals surface area contributed by atoms with E-state index < -0.39 is 17.2 Å². The van der Waals surface area contributed by atoms with Crippen molar-refractivity contribution in [2.45, 2.75) is 46.5 Å². The fraction of sp³-hybridized carbons (Fsp3) is 0.474. The Morgan fingerprint density at radius 3 is 2.83 bits per heavy atom. The number of carbonyl (C=O) groups is 2. The lowest BCUT2D eigenvalue weighted by Crippen LogP contribution is -2.38. The Bertz CT molecular complexity index is 630. The van der Waals surface area contributed by atoms with Crippen LogP contribution in [0.2, 0.25) is 0 Å². The van der Waals surface area contributed by atoms with Gasteiger partial charge in [0.2, 0.25) is 5.78 Å². The first kappa shape index (κ1) is 17.3. The SMILES string of the molecule is CCOC(=O)[C@@]12C=CC(=O)C(O)=C1CC(CCC=C(C)C)=CC2. The van der Waals surface area contributed by atoms with E-state index in [-0.39, 0.29) is 12.4 Å². The molecule has 0 spiro atoms. The topological polar surface area (TPSA) is 63.6 Å². The molecular formula is C19H24O4. The molecule has 2 aliphatic carbocycles. The molecule has 0 aromatic rings. The Balaban J connectivity index is 2.30. The second kappa shape index (κ2) is 6.99. The number of ketones is 1. The van der Waals surface area contributed by atoms with E-state index in [4.69, 9.17) is 4.74 Å². The van der Waals surface area contributed by atoms with Crippen molar-refractivity contribution in [1.82, 2.24) is 0 Å². The molecule has 2 rings (SSSR count). The minimum Gasteiger partial charge on any atom is -0.504 e. The minimum atomic E-state index is -1.02. The van der Waals surface area contributed by atoms with E-state index in [0.29, 0.717) is 18.4 Å². The number of aliphatic hydroxyl groups is 1. The maximum atomic E-state index is 12.4. The average Bonchev–Trinajstić information content (AvgIpc) is 2.51. The van der Waals surface area contributed by atoms with Crippen LogP contribution in [0.4, 0.5) is 0 Å². The molecule has 0 heterocycles. The molecule has 23 heavy (non-hydrogen) atoms. The largest absolute Gasteiger partial charge is 0.504 e. The summed E-state index contributed by atoms with van der Waals surface area (Å²) >= 11 is 0. The molecule has 1 N–H and O–H groups in total. The van der Waals surface area contributed by atoms with Gasteiger partial charge in [0, 0.05) is 5.57 Å². The lowest BCUT2D eigenvalue weighted by Gasteiger charge is -2.36. The van der Waals surface area contributed by atoms with Gasteiger partial charge in [-0.3, -0.25) is 9.59 Å². The van der Waals surface area contributed by atoms with Crippen LogP contribution in [-0.2, 0) is 14.3 Å². The van der Waals surface area contributed by atoms with Crippen molar-refractivity contribution >= 4 is 11.8 Å². The number of fused-ring (bicyclic) bond motifs is 1. The van der Waals surface area contributed by atoms with Crippen LogP contribution in [0.3, 0.4) is 0 Å². The Morgan fingerprint density at radius 2 is 2.17 bits per heavy atom. The lowest BCUT2D eigenvalue weighted by molar-refractivity contribution is -0.150. The van der Waals surface area contributed by atoms with Gasteiger partial charge >= 0.3 is 5.97 Å². The van der Waals surface area contributed by atoms with Crippen LogP contribution < -0.4 is 0 Å². The van der Waals surface area contributed by atoms with Crippen molar-refractivity contribution in [3.05, 3.63) is 46.8 Å². The van der Waals surface area contributed by atoms with Crippen LogP contribution in [-0.4, -0.2) is 23.5 Å². The second-order valence-corrected chi connectivity index (χ2v) is 6.28. The lowest BCUT2D eigenvalue weighted by atomic mass is 9.67. The maximum Gasteiger partial charge on any atom is 0.320 e. The van der Waals surface area contributed by atoms with E-state index in [1.165, 1.54) is 11.6 Å². The molecule has 0 aromatic heterocycles. The highest BCUT2D eigenvalue weighted by Gasteiger charge is 2.47.